The Labute approximate surface area is 198 Å². The van der Waals surface area contributed by atoms with Gasteiger partial charge in [0.05, 0.1) is 19.6 Å². The van der Waals surface area contributed by atoms with Gasteiger partial charge in [0.15, 0.2) is 11.5 Å². The van der Waals surface area contributed by atoms with Crippen molar-refractivity contribution in [2.24, 2.45) is 0 Å². The van der Waals surface area contributed by atoms with Crippen molar-refractivity contribution in [2.45, 2.75) is 58.5 Å². The molecule has 0 aliphatic carbocycles. The van der Waals surface area contributed by atoms with E-state index < -0.39 is 11.7 Å². The van der Waals surface area contributed by atoms with E-state index in [4.69, 9.17) is 28.2 Å². The maximum absolute atomic E-state index is 12.2. The van der Waals surface area contributed by atoms with Crippen LogP contribution in [0.1, 0.15) is 57.8 Å². The minimum atomic E-state index is -0.538. The Hall–Kier alpha value is -3.43. The lowest BCUT2D eigenvalue weighted by atomic mass is 9.91. The summed E-state index contributed by atoms with van der Waals surface area (Å²) in [4.78, 5) is 23.8. The molecule has 0 saturated heterocycles. The van der Waals surface area contributed by atoms with Crippen molar-refractivity contribution in [2.75, 3.05) is 26.6 Å². The van der Waals surface area contributed by atoms with Crippen LogP contribution in [0, 0.1) is 0 Å². The van der Waals surface area contributed by atoms with Crippen LogP contribution in [0.15, 0.2) is 28.8 Å². The van der Waals surface area contributed by atoms with E-state index in [1.807, 2.05) is 39.0 Å². The highest BCUT2D eigenvalue weighted by atomic mass is 16.7. The second-order valence-electron chi connectivity index (χ2n) is 8.79. The molecule has 1 N–H and O–H groups in total. The molecule has 186 valence electrons. The molecule has 1 amide bonds. The molecule has 2 aromatic rings. The number of esters is 1. The van der Waals surface area contributed by atoms with E-state index in [9.17, 15) is 9.59 Å². The number of hydrogen-bond donors (Lipinski definition) is 1. The zero-order chi connectivity index (χ0) is 24.6. The van der Waals surface area contributed by atoms with Gasteiger partial charge >= 0.3 is 12.1 Å². The molecule has 1 aliphatic rings. The van der Waals surface area contributed by atoms with Crippen molar-refractivity contribution < 1.29 is 37.8 Å². The number of hydrogen-bond acceptors (Lipinski definition) is 9. The topological polar surface area (TPSA) is 118 Å². The van der Waals surface area contributed by atoms with Crippen LogP contribution < -0.4 is 19.5 Å². The highest BCUT2D eigenvalue weighted by Crippen LogP contribution is 2.36. The third kappa shape index (κ3) is 7.86. The molecule has 1 unspecified atom stereocenters. The van der Waals surface area contributed by atoms with Crippen molar-refractivity contribution in [3.05, 3.63) is 35.6 Å². The minimum Gasteiger partial charge on any atom is -0.475 e. The summed E-state index contributed by atoms with van der Waals surface area (Å²) in [7, 11) is 0. The van der Waals surface area contributed by atoms with Gasteiger partial charge in [-0.2, -0.15) is 0 Å². The Morgan fingerprint density at radius 2 is 1.97 bits per heavy atom. The standard InChI is InChI=1S/C24H32N2O8/c1-5-29-22(27)13-17(16-7-8-19-20(12-16)32-15-31-19)11-18-14-21(26-34-18)30-10-6-9-25-23(28)33-24(2,3)4/h7-8,12,14,17H,5-6,9-11,13,15H2,1-4H3,(H,25,28). The first-order valence-electron chi connectivity index (χ1n) is 11.3. The van der Waals surface area contributed by atoms with Crippen molar-refractivity contribution in [1.29, 1.82) is 0 Å². The number of amides is 1. The lowest BCUT2D eigenvalue weighted by molar-refractivity contribution is -0.143. The van der Waals surface area contributed by atoms with Crippen molar-refractivity contribution >= 4 is 12.1 Å². The zero-order valence-corrected chi connectivity index (χ0v) is 20.0. The molecular formula is C24H32N2O8. The summed E-state index contributed by atoms with van der Waals surface area (Å²) in [5.74, 6) is 1.75. The van der Waals surface area contributed by atoms with Gasteiger partial charge in [-0.05, 0) is 57.0 Å². The van der Waals surface area contributed by atoms with E-state index in [0.29, 0.717) is 55.7 Å². The predicted octanol–water partition coefficient (Wildman–Crippen LogP) is 3.98. The average Bonchev–Trinajstić information content (AvgIpc) is 3.40. The highest BCUT2D eigenvalue weighted by molar-refractivity contribution is 5.70. The average molecular weight is 477 g/mol. The van der Waals surface area contributed by atoms with Crippen molar-refractivity contribution in [3.8, 4) is 17.4 Å². The van der Waals surface area contributed by atoms with Crippen LogP contribution in [-0.4, -0.2) is 49.4 Å². The SMILES string of the molecule is CCOC(=O)CC(Cc1cc(OCCCNC(=O)OC(C)(C)C)no1)c1ccc2c(c1)OCO2. The second-order valence-corrected chi connectivity index (χ2v) is 8.79. The van der Waals surface area contributed by atoms with E-state index in [1.54, 1.807) is 13.0 Å². The molecule has 10 heteroatoms. The molecule has 2 heterocycles. The van der Waals surface area contributed by atoms with Gasteiger partial charge in [0.25, 0.3) is 5.88 Å². The molecule has 34 heavy (non-hydrogen) atoms. The number of nitrogens with zero attached hydrogens (tertiary/aromatic N) is 1. The molecule has 0 radical (unpaired) electrons. The molecule has 0 saturated carbocycles. The van der Waals surface area contributed by atoms with E-state index in [-0.39, 0.29) is 25.1 Å². The number of carbonyl (C=O) groups is 2. The van der Waals surface area contributed by atoms with Crippen LogP contribution in [0.2, 0.25) is 0 Å². The summed E-state index contributed by atoms with van der Waals surface area (Å²) in [6, 6.07) is 7.31. The summed E-state index contributed by atoms with van der Waals surface area (Å²) < 4.78 is 32.2. The maximum Gasteiger partial charge on any atom is 0.407 e. The summed E-state index contributed by atoms with van der Waals surface area (Å²) in [5, 5.41) is 6.62. The number of fused-ring (bicyclic) bond motifs is 1. The molecule has 10 nitrogen and oxygen atoms in total. The first-order chi connectivity index (χ1) is 16.2. The number of nitrogens with one attached hydrogen (secondary N) is 1. The maximum atomic E-state index is 12.2. The Kier molecular flexibility index (Phi) is 8.61. The third-order valence-electron chi connectivity index (χ3n) is 4.81. The highest BCUT2D eigenvalue weighted by Gasteiger charge is 2.23. The monoisotopic (exact) mass is 476 g/mol. The van der Waals surface area contributed by atoms with Gasteiger partial charge in [-0.15, -0.1) is 0 Å². The first-order valence-corrected chi connectivity index (χ1v) is 11.3. The van der Waals surface area contributed by atoms with Crippen LogP contribution in [0.3, 0.4) is 0 Å². The van der Waals surface area contributed by atoms with E-state index in [1.165, 1.54) is 0 Å². The molecular weight excluding hydrogens is 444 g/mol. The van der Waals surface area contributed by atoms with Crippen LogP contribution in [0.25, 0.3) is 0 Å². The number of rotatable bonds is 11. The molecule has 1 aromatic heterocycles. The third-order valence-corrected chi connectivity index (χ3v) is 4.81. The van der Waals surface area contributed by atoms with Crippen LogP contribution in [0.5, 0.6) is 17.4 Å². The number of aromatic nitrogens is 1. The van der Waals surface area contributed by atoms with Crippen LogP contribution in [-0.2, 0) is 20.7 Å². The van der Waals surface area contributed by atoms with Gasteiger partial charge in [-0.25, -0.2) is 4.79 Å². The normalized spacial score (nSPS) is 13.3. The Bertz CT molecular complexity index is 966. The molecule has 1 aromatic carbocycles. The van der Waals surface area contributed by atoms with Crippen LogP contribution in [0.4, 0.5) is 4.79 Å². The molecule has 0 spiro atoms. The Balaban J connectivity index is 1.52. The van der Waals surface area contributed by atoms with Crippen molar-refractivity contribution in [3.63, 3.8) is 0 Å². The fourth-order valence-corrected chi connectivity index (χ4v) is 3.35. The number of carbonyl (C=O) groups excluding carboxylic acids is 2. The summed E-state index contributed by atoms with van der Waals surface area (Å²) in [6.45, 7) is 8.44. The fraction of sp³-hybridized carbons (Fsp3) is 0.542. The van der Waals surface area contributed by atoms with Crippen LogP contribution >= 0.6 is 0 Å². The number of ether oxygens (including phenoxy) is 5. The van der Waals surface area contributed by atoms with Gasteiger partial charge in [-0.1, -0.05) is 6.07 Å². The predicted molar refractivity (Wildman–Crippen MR) is 121 cm³/mol. The van der Waals surface area contributed by atoms with E-state index >= 15 is 0 Å². The summed E-state index contributed by atoms with van der Waals surface area (Å²) >= 11 is 0. The molecule has 0 bridgehead atoms. The van der Waals surface area contributed by atoms with Gasteiger partial charge in [-0.3, -0.25) is 4.79 Å². The van der Waals surface area contributed by atoms with Gasteiger partial charge in [0, 0.05) is 24.9 Å². The zero-order valence-electron chi connectivity index (χ0n) is 20.0. The van der Waals surface area contributed by atoms with E-state index in [0.717, 1.165) is 5.56 Å². The molecule has 1 aliphatic heterocycles. The largest absolute Gasteiger partial charge is 0.475 e. The lowest BCUT2D eigenvalue weighted by Crippen LogP contribution is -2.33. The molecule has 0 fully saturated rings. The number of alkyl carbamates (subject to hydrolysis) is 1. The molecule has 3 rings (SSSR count). The molecule has 1 atom stereocenters. The smallest absolute Gasteiger partial charge is 0.407 e. The lowest BCUT2D eigenvalue weighted by Gasteiger charge is -2.19. The van der Waals surface area contributed by atoms with Crippen molar-refractivity contribution in [1.82, 2.24) is 10.5 Å². The van der Waals surface area contributed by atoms with E-state index in [2.05, 4.69) is 10.5 Å². The Morgan fingerprint density at radius 1 is 1.18 bits per heavy atom. The van der Waals surface area contributed by atoms with Gasteiger partial charge < -0.3 is 33.5 Å². The Morgan fingerprint density at radius 3 is 2.74 bits per heavy atom. The summed E-state index contributed by atoms with van der Waals surface area (Å²) in [5.41, 5.74) is 0.369. The second kappa shape index (κ2) is 11.6. The quantitative estimate of drug-likeness (QED) is 0.379. The fourth-order valence-electron chi connectivity index (χ4n) is 3.35. The minimum absolute atomic E-state index is 0.178. The first kappa shape index (κ1) is 25.2. The van der Waals surface area contributed by atoms with Gasteiger partial charge in [0.2, 0.25) is 6.79 Å². The summed E-state index contributed by atoms with van der Waals surface area (Å²) in [6.07, 6.45) is 0.715. The number of benzene rings is 1. The van der Waals surface area contributed by atoms with Gasteiger partial charge in [0.1, 0.15) is 11.4 Å².